The minimum Gasteiger partial charge on any atom is -0.309 e. The molecule has 1 aromatic rings. The lowest BCUT2D eigenvalue weighted by Crippen LogP contribution is -2.42. The van der Waals surface area contributed by atoms with Gasteiger partial charge in [0.15, 0.2) is 9.84 Å². The third-order valence-electron chi connectivity index (χ3n) is 3.06. The van der Waals surface area contributed by atoms with Crippen LogP contribution >= 0.6 is 0 Å². The lowest BCUT2D eigenvalue weighted by molar-refractivity contribution is 0.488. The van der Waals surface area contributed by atoms with Gasteiger partial charge in [-0.3, -0.25) is 4.68 Å². The Balaban J connectivity index is 2.63. The molecule has 0 bridgehead atoms. The van der Waals surface area contributed by atoms with Gasteiger partial charge >= 0.3 is 0 Å². The molecule has 0 amide bonds. The highest BCUT2D eigenvalue weighted by atomic mass is 32.2. The van der Waals surface area contributed by atoms with Crippen molar-refractivity contribution in [1.29, 1.82) is 0 Å². The molecule has 1 N–H and O–H groups in total. The first-order chi connectivity index (χ1) is 7.63. The van der Waals surface area contributed by atoms with Gasteiger partial charge in [-0.25, -0.2) is 8.42 Å². The maximum atomic E-state index is 11.5. The number of sulfone groups is 1. The van der Waals surface area contributed by atoms with Crippen LogP contribution in [0.4, 0.5) is 0 Å². The van der Waals surface area contributed by atoms with Crippen molar-refractivity contribution in [3.8, 4) is 0 Å². The van der Waals surface area contributed by atoms with Crippen molar-refractivity contribution in [2.75, 3.05) is 12.8 Å². The van der Waals surface area contributed by atoms with Crippen LogP contribution in [0.5, 0.6) is 0 Å². The Morgan fingerprint density at radius 3 is 2.53 bits per heavy atom. The van der Waals surface area contributed by atoms with Gasteiger partial charge in [-0.05, 0) is 20.8 Å². The zero-order valence-electron chi connectivity index (χ0n) is 11.1. The molecule has 0 aliphatic heterocycles. The Kier molecular flexibility index (Phi) is 3.99. The Morgan fingerprint density at radius 1 is 1.53 bits per heavy atom. The third-order valence-corrected chi connectivity index (χ3v) is 5.21. The van der Waals surface area contributed by atoms with Crippen LogP contribution in [-0.2, 0) is 16.9 Å². The second-order valence-electron chi connectivity index (χ2n) is 5.08. The molecule has 1 rings (SSSR count). The van der Waals surface area contributed by atoms with E-state index in [1.807, 2.05) is 20.2 Å². The summed E-state index contributed by atoms with van der Waals surface area (Å²) in [5.41, 5.74) is 1.05. The first-order valence-electron chi connectivity index (χ1n) is 5.55. The van der Waals surface area contributed by atoms with Crippen LogP contribution in [0.2, 0.25) is 0 Å². The van der Waals surface area contributed by atoms with E-state index < -0.39 is 14.6 Å². The fourth-order valence-corrected chi connectivity index (χ4v) is 1.66. The average Bonchev–Trinajstić information content (AvgIpc) is 2.59. The monoisotopic (exact) mass is 259 g/mol. The van der Waals surface area contributed by atoms with E-state index in [0.717, 1.165) is 5.56 Å². The van der Waals surface area contributed by atoms with Crippen LogP contribution in [0, 0.1) is 0 Å². The van der Waals surface area contributed by atoms with Crippen molar-refractivity contribution in [3.05, 3.63) is 18.0 Å². The van der Waals surface area contributed by atoms with Crippen LogP contribution in [0.1, 0.15) is 32.4 Å². The Hall–Kier alpha value is -0.880. The lowest BCUT2D eigenvalue weighted by atomic mass is 10.1. The van der Waals surface area contributed by atoms with E-state index in [1.165, 1.54) is 6.26 Å². The standard InChI is InChI=1S/C11H21N3O2S/c1-9(10-6-13-14(4)7-10)12-8-11(2,3)17(5,15)16/h6-7,9,12H,8H2,1-5H3. The highest BCUT2D eigenvalue weighted by Crippen LogP contribution is 2.16. The highest BCUT2D eigenvalue weighted by molar-refractivity contribution is 7.92. The number of nitrogens with zero attached hydrogens (tertiary/aromatic N) is 2. The number of hydrogen-bond acceptors (Lipinski definition) is 4. The third kappa shape index (κ3) is 3.54. The van der Waals surface area contributed by atoms with Gasteiger partial charge in [-0.1, -0.05) is 0 Å². The zero-order valence-corrected chi connectivity index (χ0v) is 11.9. The highest BCUT2D eigenvalue weighted by Gasteiger charge is 2.30. The molecule has 0 saturated heterocycles. The lowest BCUT2D eigenvalue weighted by Gasteiger charge is -2.25. The summed E-state index contributed by atoms with van der Waals surface area (Å²) in [5, 5.41) is 7.32. The van der Waals surface area contributed by atoms with Crippen LogP contribution in [0.3, 0.4) is 0 Å². The van der Waals surface area contributed by atoms with Crippen molar-refractivity contribution in [2.24, 2.45) is 7.05 Å². The summed E-state index contributed by atoms with van der Waals surface area (Å²) in [5.74, 6) is 0. The molecule has 1 unspecified atom stereocenters. The molecule has 1 atom stereocenters. The second kappa shape index (κ2) is 4.78. The summed E-state index contributed by atoms with van der Waals surface area (Å²) in [6, 6.07) is 0.0877. The number of nitrogens with one attached hydrogen (secondary N) is 1. The summed E-state index contributed by atoms with van der Waals surface area (Å²) in [7, 11) is -1.20. The molecular weight excluding hydrogens is 238 g/mol. The Bertz CT molecular complexity index is 477. The van der Waals surface area contributed by atoms with Gasteiger partial charge in [-0.15, -0.1) is 0 Å². The second-order valence-corrected chi connectivity index (χ2v) is 7.73. The van der Waals surface area contributed by atoms with Gasteiger partial charge in [-0.2, -0.15) is 5.10 Å². The fraction of sp³-hybridized carbons (Fsp3) is 0.727. The minimum absolute atomic E-state index is 0.0877. The van der Waals surface area contributed by atoms with E-state index in [-0.39, 0.29) is 6.04 Å². The topological polar surface area (TPSA) is 64.0 Å². The summed E-state index contributed by atoms with van der Waals surface area (Å²) in [6.07, 6.45) is 4.97. The molecule has 6 heteroatoms. The van der Waals surface area contributed by atoms with Crippen LogP contribution in [0.25, 0.3) is 0 Å². The zero-order chi connectivity index (χ0) is 13.3. The van der Waals surface area contributed by atoms with Crippen molar-refractivity contribution in [2.45, 2.75) is 31.6 Å². The molecular formula is C11H21N3O2S. The van der Waals surface area contributed by atoms with Gasteiger partial charge in [0.25, 0.3) is 0 Å². The number of aromatic nitrogens is 2. The SMILES string of the molecule is CC(NCC(C)(C)S(C)(=O)=O)c1cnn(C)c1. The maximum Gasteiger partial charge on any atom is 0.153 e. The van der Waals surface area contributed by atoms with Crippen LogP contribution in [-0.4, -0.2) is 35.7 Å². The van der Waals surface area contributed by atoms with Crippen molar-refractivity contribution in [1.82, 2.24) is 15.1 Å². The van der Waals surface area contributed by atoms with Crippen LogP contribution in [0.15, 0.2) is 12.4 Å². The molecule has 98 valence electrons. The quantitative estimate of drug-likeness (QED) is 0.853. The largest absolute Gasteiger partial charge is 0.309 e. The van der Waals surface area contributed by atoms with Gasteiger partial charge in [0.1, 0.15) is 0 Å². The average molecular weight is 259 g/mol. The molecule has 5 nitrogen and oxygen atoms in total. The molecule has 0 radical (unpaired) electrons. The molecule has 0 fully saturated rings. The normalized spacial score (nSPS) is 14.9. The predicted molar refractivity (Wildman–Crippen MR) is 68.5 cm³/mol. The van der Waals surface area contributed by atoms with E-state index in [1.54, 1.807) is 24.7 Å². The summed E-state index contributed by atoms with van der Waals surface area (Å²) in [4.78, 5) is 0. The predicted octanol–water partition coefficient (Wildman–Crippen LogP) is 0.894. The summed E-state index contributed by atoms with van der Waals surface area (Å²) < 4.78 is 24.1. The molecule has 0 aromatic carbocycles. The van der Waals surface area contributed by atoms with Gasteiger partial charge in [0.2, 0.25) is 0 Å². The molecule has 0 aliphatic carbocycles. The van der Waals surface area contributed by atoms with E-state index in [4.69, 9.17) is 0 Å². The smallest absolute Gasteiger partial charge is 0.153 e. The van der Waals surface area contributed by atoms with Crippen LogP contribution < -0.4 is 5.32 Å². The van der Waals surface area contributed by atoms with Gasteiger partial charge < -0.3 is 5.32 Å². The first-order valence-corrected chi connectivity index (χ1v) is 7.44. The Labute approximate surface area is 103 Å². The number of hydrogen-bond donors (Lipinski definition) is 1. The Morgan fingerprint density at radius 2 is 2.12 bits per heavy atom. The fourth-order valence-electron chi connectivity index (χ4n) is 1.31. The summed E-state index contributed by atoms with van der Waals surface area (Å²) in [6.45, 7) is 5.87. The number of aryl methyl sites for hydroxylation is 1. The molecule has 1 heterocycles. The molecule has 17 heavy (non-hydrogen) atoms. The summed E-state index contributed by atoms with van der Waals surface area (Å²) >= 11 is 0. The molecule has 0 spiro atoms. The van der Waals surface area contributed by atoms with E-state index in [2.05, 4.69) is 10.4 Å². The van der Waals surface area contributed by atoms with Crippen molar-refractivity contribution >= 4 is 9.84 Å². The molecule has 1 aromatic heterocycles. The molecule has 0 aliphatic rings. The van der Waals surface area contributed by atoms with E-state index in [9.17, 15) is 8.42 Å². The van der Waals surface area contributed by atoms with Gasteiger partial charge in [0.05, 0.1) is 10.9 Å². The minimum atomic E-state index is -3.06. The van der Waals surface area contributed by atoms with Gasteiger partial charge in [0, 0.05) is 37.7 Å². The van der Waals surface area contributed by atoms with Crippen molar-refractivity contribution in [3.63, 3.8) is 0 Å². The first kappa shape index (κ1) is 14.2. The molecule has 0 saturated carbocycles. The van der Waals surface area contributed by atoms with E-state index in [0.29, 0.717) is 6.54 Å². The van der Waals surface area contributed by atoms with E-state index >= 15 is 0 Å². The number of rotatable bonds is 5. The van der Waals surface area contributed by atoms with Crippen molar-refractivity contribution < 1.29 is 8.42 Å². The maximum absolute atomic E-state index is 11.5.